The summed E-state index contributed by atoms with van der Waals surface area (Å²) in [4.78, 5) is -0.185. The molecule has 2 aromatic carbocycles. The Balaban J connectivity index is 2.21. The Bertz CT molecular complexity index is 1050. The van der Waals surface area contributed by atoms with Gasteiger partial charge < -0.3 is 14.6 Å². The number of benzene rings is 2. The third kappa shape index (κ3) is 3.80. The minimum absolute atomic E-state index is 0.0806. The van der Waals surface area contributed by atoms with Gasteiger partial charge in [-0.25, -0.2) is 16.8 Å². The van der Waals surface area contributed by atoms with Crippen molar-refractivity contribution in [3.63, 3.8) is 0 Å². The van der Waals surface area contributed by atoms with Crippen LogP contribution in [0.25, 0.3) is 0 Å². The molecule has 8 nitrogen and oxygen atoms in total. The summed E-state index contributed by atoms with van der Waals surface area (Å²) in [5.41, 5.74) is 0.244. The summed E-state index contributed by atoms with van der Waals surface area (Å²) in [6.07, 6.45) is -1.35. The van der Waals surface area contributed by atoms with Crippen molar-refractivity contribution in [2.45, 2.75) is 17.0 Å². The molecule has 1 heterocycles. The molecule has 0 radical (unpaired) electrons. The molecule has 2 atom stereocenters. The maximum absolute atomic E-state index is 13.6. The average molecular weight is 428 g/mol. The van der Waals surface area contributed by atoms with Gasteiger partial charge in [-0.05, 0) is 24.3 Å². The van der Waals surface area contributed by atoms with Crippen LogP contribution in [-0.4, -0.2) is 59.8 Å². The molecule has 0 unspecified atom stereocenters. The van der Waals surface area contributed by atoms with Gasteiger partial charge in [0.2, 0.25) is 0 Å². The number of sulfone groups is 1. The smallest absolute Gasteiger partial charge is 0.268 e. The van der Waals surface area contributed by atoms with Gasteiger partial charge in [0.25, 0.3) is 10.0 Å². The molecule has 0 spiro atoms. The van der Waals surface area contributed by atoms with E-state index in [9.17, 15) is 21.9 Å². The number of methoxy groups -OCH3 is 2. The zero-order chi connectivity index (χ0) is 20.5. The number of sulfonamides is 1. The highest BCUT2D eigenvalue weighted by molar-refractivity contribution is 7.93. The average Bonchev–Trinajstić information content (AvgIpc) is 2.94. The number of hydrogen-bond donors (Lipinski definition) is 1. The van der Waals surface area contributed by atoms with Crippen LogP contribution >= 0.6 is 0 Å². The van der Waals surface area contributed by atoms with E-state index in [-0.39, 0.29) is 16.3 Å². The number of anilines is 1. The van der Waals surface area contributed by atoms with Gasteiger partial charge in [0, 0.05) is 6.07 Å². The molecule has 10 heteroatoms. The van der Waals surface area contributed by atoms with E-state index in [1.807, 2.05) is 0 Å². The minimum atomic E-state index is -4.29. The fourth-order valence-electron chi connectivity index (χ4n) is 3.21. The Morgan fingerprint density at radius 2 is 1.71 bits per heavy atom. The Morgan fingerprint density at radius 3 is 2.25 bits per heavy atom. The van der Waals surface area contributed by atoms with Gasteiger partial charge in [-0.15, -0.1) is 0 Å². The Labute approximate surface area is 164 Å². The molecule has 1 aliphatic heterocycles. The lowest BCUT2D eigenvalue weighted by Crippen LogP contribution is -2.47. The van der Waals surface area contributed by atoms with Crippen LogP contribution in [0.2, 0.25) is 0 Å². The summed E-state index contributed by atoms with van der Waals surface area (Å²) in [5, 5.41) is 10.4. The van der Waals surface area contributed by atoms with Crippen LogP contribution in [0.5, 0.6) is 11.5 Å². The quantitative estimate of drug-likeness (QED) is 0.734. The summed E-state index contributed by atoms with van der Waals surface area (Å²) in [6.45, 7) is 0. The minimum Gasteiger partial charge on any atom is -0.497 e. The first-order valence-corrected chi connectivity index (χ1v) is 11.7. The second kappa shape index (κ2) is 7.61. The van der Waals surface area contributed by atoms with Gasteiger partial charge in [0.15, 0.2) is 9.84 Å². The fraction of sp³-hybridized carbons (Fsp3) is 0.333. The van der Waals surface area contributed by atoms with Crippen LogP contribution in [0.1, 0.15) is 0 Å². The molecule has 0 aliphatic carbocycles. The molecule has 0 saturated carbocycles. The molecule has 0 bridgehead atoms. The van der Waals surface area contributed by atoms with Gasteiger partial charge in [-0.1, -0.05) is 18.2 Å². The normalized spacial score (nSPS) is 21.2. The largest absolute Gasteiger partial charge is 0.497 e. The van der Waals surface area contributed by atoms with E-state index in [0.29, 0.717) is 5.75 Å². The highest BCUT2D eigenvalue weighted by Crippen LogP contribution is 2.36. The van der Waals surface area contributed by atoms with Crippen molar-refractivity contribution in [2.24, 2.45) is 0 Å². The summed E-state index contributed by atoms with van der Waals surface area (Å²) in [5.74, 6) is -0.593. The van der Waals surface area contributed by atoms with E-state index >= 15 is 0 Å². The second-order valence-corrected chi connectivity index (χ2v) is 10.3. The van der Waals surface area contributed by atoms with Crippen molar-refractivity contribution < 1.29 is 31.4 Å². The van der Waals surface area contributed by atoms with Crippen LogP contribution in [-0.2, 0) is 19.9 Å². The maximum atomic E-state index is 13.6. The number of nitrogens with zero attached hydrogens (tertiary/aromatic N) is 1. The van der Waals surface area contributed by atoms with Crippen molar-refractivity contribution in [2.75, 3.05) is 30.0 Å². The molecule has 2 aromatic rings. The van der Waals surface area contributed by atoms with Crippen LogP contribution < -0.4 is 13.8 Å². The highest BCUT2D eigenvalue weighted by atomic mass is 32.2. The molecule has 1 saturated heterocycles. The molecule has 152 valence electrons. The van der Waals surface area contributed by atoms with Crippen molar-refractivity contribution in [3.8, 4) is 11.5 Å². The molecule has 28 heavy (non-hydrogen) atoms. The number of hydrogen-bond acceptors (Lipinski definition) is 7. The monoisotopic (exact) mass is 427 g/mol. The summed E-state index contributed by atoms with van der Waals surface area (Å²) >= 11 is 0. The third-order valence-electron chi connectivity index (χ3n) is 4.51. The molecular formula is C18H21NO7S2. The first-order valence-electron chi connectivity index (χ1n) is 8.39. The standard InChI is InChI=1S/C18H21NO7S2/c1-25-14-8-9-17(26-2)18(10-14)28(23,24)19(13-6-4-3-5-7-13)15-11-27(21,22)12-16(15)20/h3-10,15-16,20H,11-12H2,1-2H3/t15-,16+/m1/s1. The number of aliphatic hydroxyl groups excluding tert-OH is 1. The van der Waals surface area contributed by atoms with E-state index < -0.39 is 43.5 Å². The van der Waals surface area contributed by atoms with E-state index in [0.717, 1.165) is 4.31 Å². The summed E-state index contributed by atoms with van der Waals surface area (Å²) < 4.78 is 62.6. The molecular weight excluding hydrogens is 406 g/mol. The van der Waals surface area contributed by atoms with Crippen molar-refractivity contribution in [1.29, 1.82) is 0 Å². The summed E-state index contributed by atoms with van der Waals surface area (Å²) in [6, 6.07) is 11.2. The van der Waals surface area contributed by atoms with Crippen LogP contribution in [0, 0.1) is 0 Å². The van der Waals surface area contributed by atoms with E-state index in [2.05, 4.69) is 0 Å². The van der Waals surface area contributed by atoms with Gasteiger partial charge in [0.1, 0.15) is 16.4 Å². The molecule has 1 aliphatic rings. The predicted octanol–water partition coefficient (Wildman–Crippen LogP) is 1.06. The van der Waals surface area contributed by atoms with Crippen molar-refractivity contribution >= 4 is 25.5 Å². The van der Waals surface area contributed by atoms with E-state index in [1.165, 1.54) is 26.4 Å². The third-order valence-corrected chi connectivity index (χ3v) is 8.09. The number of aliphatic hydroxyl groups is 1. The zero-order valence-corrected chi connectivity index (χ0v) is 17.0. The summed E-state index contributed by atoms with van der Waals surface area (Å²) in [7, 11) is -5.13. The van der Waals surface area contributed by atoms with Gasteiger partial charge in [-0.3, -0.25) is 4.31 Å². The SMILES string of the molecule is COc1ccc(OC)c(S(=O)(=O)N(c2ccccc2)[C@@H]2CS(=O)(=O)C[C@@H]2O)c1. The predicted molar refractivity (Wildman–Crippen MR) is 104 cm³/mol. The van der Waals surface area contributed by atoms with Gasteiger partial charge in [0.05, 0.1) is 43.6 Å². The molecule has 3 rings (SSSR count). The molecule has 1 N–H and O–H groups in total. The lowest BCUT2D eigenvalue weighted by atomic mass is 10.2. The highest BCUT2D eigenvalue weighted by Gasteiger charge is 2.45. The second-order valence-electron chi connectivity index (χ2n) is 6.36. The van der Waals surface area contributed by atoms with Gasteiger partial charge in [-0.2, -0.15) is 0 Å². The first kappa shape index (κ1) is 20.4. The molecule has 1 fully saturated rings. The molecule has 0 aromatic heterocycles. The van der Waals surface area contributed by atoms with Gasteiger partial charge >= 0.3 is 0 Å². The lowest BCUT2D eigenvalue weighted by Gasteiger charge is -2.32. The topological polar surface area (TPSA) is 110 Å². The fourth-order valence-corrected chi connectivity index (χ4v) is 6.93. The zero-order valence-electron chi connectivity index (χ0n) is 15.3. The van der Waals surface area contributed by atoms with Crippen LogP contribution in [0.3, 0.4) is 0 Å². The maximum Gasteiger partial charge on any atom is 0.268 e. The van der Waals surface area contributed by atoms with Crippen LogP contribution in [0.15, 0.2) is 53.4 Å². The Kier molecular flexibility index (Phi) is 5.55. The lowest BCUT2D eigenvalue weighted by molar-refractivity contribution is 0.184. The van der Waals surface area contributed by atoms with E-state index in [1.54, 1.807) is 36.4 Å². The first-order chi connectivity index (χ1) is 13.2. The van der Waals surface area contributed by atoms with Crippen molar-refractivity contribution in [1.82, 2.24) is 0 Å². The van der Waals surface area contributed by atoms with Crippen molar-refractivity contribution in [3.05, 3.63) is 48.5 Å². The number of para-hydroxylation sites is 1. The number of ether oxygens (including phenoxy) is 2. The Hall–Kier alpha value is -2.30. The Morgan fingerprint density at radius 1 is 1.04 bits per heavy atom. The number of rotatable bonds is 6. The van der Waals surface area contributed by atoms with E-state index in [4.69, 9.17) is 9.47 Å². The van der Waals surface area contributed by atoms with Crippen LogP contribution in [0.4, 0.5) is 5.69 Å². The molecule has 0 amide bonds.